The molecular weight excluding hydrogens is 444 g/mol. The van der Waals surface area contributed by atoms with Crippen molar-refractivity contribution in [3.05, 3.63) is 57.6 Å². The molecule has 4 heteroatoms. The van der Waals surface area contributed by atoms with Gasteiger partial charge in [0.05, 0.1) is 12.1 Å². The molecule has 0 radical (unpaired) electrons. The number of nitrogens with zero attached hydrogens (tertiary/aromatic N) is 2. The lowest BCUT2D eigenvalue weighted by Gasteiger charge is -2.25. The van der Waals surface area contributed by atoms with Gasteiger partial charge in [0.25, 0.3) is 0 Å². The first-order chi connectivity index (χ1) is 16.8. The monoisotopic (exact) mass is 490 g/mol. The first kappa shape index (κ1) is 28.0. The number of aliphatic imine (C=N–C) groups is 2. The Balaban J connectivity index is 1.80. The van der Waals surface area contributed by atoms with E-state index in [9.17, 15) is 10.2 Å². The third kappa shape index (κ3) is 6.78. The number of rotatable bonds is 6. The van der Waals surface area contributed by atoms with E-state index in [4.69, 9.17) is 9.98 Å². The Morgan fingerprint density at radius 1 is 0.722 bits per heavy atom. The largest absolute Gasteiger partial charge is 0.507 e. The number of benzene rings is 2. The second-order valence-electron chi connectivity index (χ2n) is 12.4. The van der Waals surface area contributed by atoms with E-state index in [0.717, 1.165) is 60.8 Å². The van der Waals surface area contributed by atoms with Crippen LogP contribution in [0.4, 0.5) is 0 Å². The average molecular weight is 491 g/mol. The molecule has 3 rings (SSSR count). The summed E-state index contributed by atoms with van der Waals surface area (Å²) in [7, 11) is 0. The second-order valence-corrected chi connectivity index (χ2v) is 12.4. The Kier molecular flexibility index (Phi) is 8.69. The van der Waals surface area contributed by atoms with Gasteiger partial charge in [-0.05, 0) is 72.6 Å². The van der Waals surface area contributed by atoms with Crippen LogP contribution in [0.2, 0.25) is 0 Å². The van der Waals surface area contributed by atoms with Gasteiger partial charge < -0.3 is 10.2 Å². The molecule has 4 nitrogen and oxygen atoms in total. The Labute approximate surface area is 218 Å². The maximum Gasteiger partial charge on any atom is 0.128 e. The van der Waals surface area contributed by atoms with E-state index in [2.05, 4.69) is 79.7 Å². The molecule has 36 heavy (non-hydrogen) atoms. The lowest BCUT2D eigenvalue weighted by molar-refractivity contribution is 0.397. The predicted octanol–water partition coefficient (Wildman–Crippen LogP) is 7.67. The minimum atomic E-state index is -0.129. The zero-order valence-corrected chi connectivity index (χ0v) is 23.7. The molecule has 2 unspecified atom stereocenters. The maximum absolute atomic E-state index is 10.9. The Morgan fingerprint density at radius 2 is 1.11 bits per heavy atom. The van der Waals surface area contributed by atoms with Crippen molar-refractivity contribution in [1.29, 1.82) is 0 Å². The number of hydrogen-bond donors (Lipinski definition) is 2. The SMILES string of the molecule is CCc1cc(C=NC2CCCC(N=Cc3cc(CC)cc(C(C)(C)C)c3O)C2)c(O)c(C(C)(C)C)c1. The van der Waals surface area contributed by atoms with E-state index in [0.29, 0.717) is 11.5 Å². The quantitative estimate of drug-likeness (QED) is 0.408. The number of phenolic OH excluding ortho intramolecular Hbond substituents is 2. The van der Waals surface area contributed by atoms with Crippen LogP contribution in [0.5, 0.6) is 11.5 Å². The minimum Gasteiger partial charge on any atom is -0.507 e. The van der Waals surface area contributed by atoms with Crippen molar-refractivity contribution in [2.45, 2.75) is 117 Å². The predicted molar refractivity (Wildman–Crippen MR) is 154 cm³/mol. The summed E-state index contributed by atoms with van der Waals surface area (Å²) in [4.78, 5) is 9.80. The van der Waals surface area contributed by atoms with E-state index in [1.165, 1.54) is 11.1 Å². The number of phenols is 2. The lowest BCUT2D eigenvalue weighted by Crippen LogP contribution is -2.21. The van der Waals surface area contributed by atoms with Crippen LogP contribution < -0.4 is 0 Å². The first-order valence-electron chi connectivity index (χ1n) is 13.6. The highest BCUT2D eigenvalue weighted by Crippen LogP contribution is 2.36. The average Bonchev–Trinajstić information content (AvgIpc) is 2.81. The van der Waals surface area contributed by atoms with Gasteiger partial charge in [0, 0.05) is 34.7 Å². The van der Waals surface area contributed by atoms with Crippen molar-refractivity contribution >= 4 is 12.4 Å². The molecule has 0 aliphatic heterocycles. The molecule has 1 saturated carbocycles. The highest BCUT2D eigenvalue weighted by molar-refractivity contribution is 5.85. The van der Waals surface area contributed by atoms with Crippen molar-refractivity contribution in [3.63, 3.8) is 0 Å². The molecule has 0 heterocycles. The Hall–Kier alpha value is -2.62. The van der Waals surface area contributed by atoms with Crippen molar-refractivity contribution in [3.8, 4) is 11.5 Å². The first-order valence-corrected chi connectivity index (χ1v) is 13.6. The zero-order valence-electron chi connectivity index (χ0n) is 23.7. The fourth-order valence-electron chi connectivity index (χ4n) is 4.97. The fourth-order valence-corrected chi connectivity index (χ4v) is 4.97. The molecule has 2 aromatic rings. The molecular formula is C32H46N2O2. The molecule has 1 aliphatic rings. The van der Waals surface area contributed by atoms with Gasteiger partial charge >= 0.3 is 0 Å². The van der Waals surface area contributed by atoms with Gasteiger partial charge in [0.2, 0.25) is 0 Å². The summed E-state index contributed by atoms with van der Waals surface area (Å²) < 4.78 is 0. The molecule has 0 saturated heterocycles. The third-order valence-electron chi connectivity index (χ3n) is 7.30. The highest BCUT2D eigenvalue weighted by atomic mass is 16.3. The molecule has 0 bridgehead atoms. The summed E-state index contributed by atoms with van der Waals surface area (Å²) in [5.41, 5.74) is 5.73. The smallest absolute Gasteiger partial charge is 0.128 e. The van der Waals surface area contributed by atoms with Crippen LogP contribution in [0, 0.1) is 0 Å². The van der Waals surface area contributed by atoms with E-state index >= 15 is 0 Å². The van der Waals surface area contributed by atoms with Gasteiger partial charge in [-0.3, -0.25) is 9.98 Å². The van der Waals surface area contributed by atoms with Crippen LogP contribution in [-0.2, 0) is 23.7 Å². The van der Waals surface area contributed by atoms with Crippen LogP contribution in [-0.4, -0.2) is 34.7 Å². The summed E-state index contributed by atoms with van der Waals surface area (Å²) in [5.74, 6) is 0.685. The zero-order chi connectivity index (χ0) is 26.7. The molecule has 0 amide bonds. The van der Waals surface area contributed by atoms with E-state index in [-0.39, 0.29) is 22.9 Å². The van der Waals surface area contributed by atoms with E-state index < -0.39 is 0 Å². The number of hydrogen-bond acceptors (Lipinski definition) is 4. The molecule has 0 aromatic heterocycles. The normalized spacial score (nSPS) is 19.4. The van der Waals surface area contributed by atoms with Crippen molar-refractivity contribution in [2.75, 3.05) is 0 Å². The maximum atomic E-state index is 10.9. The van der Waals surface area contributed by atoms with Crippen LogP contribution >= 0.6 is 0 Å². The summed E-state index contributed by atoms with van der Waals surface area (Å²) in [6.07, 6.45) is 9.61. The Bertz CT molecular complexity index is 1030. The van der Waals surface area contributed by atoms with Crippen molar-refractivity contribution in [1.82, 2.24) is 0 Å². The number of aryl methyl sites for hydroxylation is 2. The molecule has 2 atom stereocenters. The van der Waals surface area contributed by atoms with Gasteiger partial charge in [-0.2, -0.15) is 0 Å². The summed E-state index contributed by atoms with van der Waals surface area (Å²) in [6, 6.07) is 8.72. The van der Waals surface area contributed by atoms with Crippen molar-refractivity contribution in [2.24, 2.45) is 9.98 Å². The van der Waals surface area contributed by atoms with Crippen LogP contribution in [0.15, 0.2) is 34.3 Å². The van der Waals surface area contributed by atoms with Gasteiger partial charge in [-0.25, -0.2) is 0 Å². The van der Waals surface area contributed by atoms with Crippen molar-refractivity contribution < 1.29 is 10.2 Å². The van der Waals surface area contributed by atoms with Gasteiger partial charge in [-0.15, -0.1) is 0 Å². The molecule has 1 aliphatic carbocycles. The molecule has 196 valence electrons. The van der Waals surface area contributed by atoms with Crippen LogP contribution in [0.1, 0.15) is 114 Å². The van der Waals surface area contributed by atoms with Crippen LogP contribution in [0.3, 0.4) is 0 Å². The lowest BCUT2D eigenvalue weighted by atomic mass is 9.83. The van der Waals surface area contributed by atoms with Gasteiger partial charge in [0.1, 0.15) is 11.5 Å². The minimum absolute atomic E-state index is 0.129. The molecule has 0 spiro atoms. The van der Waals surface area contributed by atoms with Crippen LogP contribution in [0.25, 0.3) is 0 Å². The van der Waals surface area contributed by atoms with Gasteiger partial charge in [-0.1, -0.05) is 67.5 Å². The van der Waals surface area contributed by atoms with Gasteiger partial charge in [0.15, 0.2) is 0 Å². The summed E-state index contributed by atoms with van der Waals surface area (Å²) >= 11 is 0. The Morgan fingerprint density at radius 3 is 1.44 bits per heavy atom. The topological polar surface area (TPSA) is 65.2 Å². The highest BCUT2D eigenvalue weighted by Gasteiger charge is 2.24. The molecule has 1 fully saturated rings. The van der Waals surface area contributed by atoms with E-state index in [1.807, 2.05) is 12.4 Å². The fraction of sp³-hybridized carbons (Fsp3) is 0.562. The standard InChI is InChI=1S/C32H46N2O2/c1-9-21-14-23(29(35)27(16-21)31(3,4)5)19-33-25-12-11-13-26(18-25)34-20-24-15-22(10-2)17-28(30(24)36)32(6,7)8/h14-17,19-20,25-26,35-36H,9-13,18H2,1-8H3. The molecule has 2 aromatic carbocycles. The number of aromatic hydroxyl groups is 2. The molecule has 2 N–H and O–H groups in total. The van der Waals surface area contributed by atoms with E-state index in [1.54, 1.807) is 0 Å². The third-order valence-corrected chi connectivity index (χ3v) is 7.30. The summed E-state index contributed by atoms with van der Waals surface area (Å²) in [5, 5.41) is 21.9. The summed E-state index contributed by atoms with van der Waals surface area (Å²) in [6.45, 7) is 17.1. The second kappa shape index (κ2) is 11.2.